The monoisotopic (exact) mass is 384 g/mol. The molecule has 0 spiro atoms. The average molecular weight is 384 g/mol. The van der Waals surface area contributed by atoms with E-state index in [2.05, 4.69) is 10.9 Å². The molecule has 0 saturated heterocycles. The molecule has 1 atom stereocenters. The van der Waals surface area contributed by atoms with E-state index in [0.29, 0.717) is 28.6 Å². The topological polar surface area (TPSA) is 95.1 Å². The summed E-state index contributed by atoms with van der Waals surface area (Å²) in [5.74, 6) is 1.22. The van der Waals surface area contributed by atoms with Crippen LogP contribution in [-0.2, 0) is 9.59 Å². The molecule has 1 heterocycles. The van der Waals surface area contributed by atoms with Gasteiger partial charge in [0, 0.05) is 17.7 Å². The predicted octanol–water partition coefficient (Wildman–Crippen LogP) is 1.70. The van der Waals surface area contributed by atoms with Gasteiger partial charge < -0.3 is 18.9 Å². The molecule has 0 aliphatic carbocycles. The van der Waals surface area contributed by atoms with Crippen LogP contribution in [0.1, 0.15) is 5.56 Å². The van der Waals surface area contributed by atoms with Crippen LogP contribution in [0, 0.1) is 0 Å². The molecule has 0 fully saturated rings. The van der Waals surface area contributed by atoms with Crippen LogP contribution < -0.4 is 29.8 Å². The van der Waals surface area contributed by atoms with E-state index in [1.165, 1.54) is 13.2 Å². The molecule has 2 aromatic rings. The minimum atomic E-state index is -0.860. The number of hydrazine groups is 1. The summed E-state index contributed by atoms with van der Waals surface area (Å²) in [5.41, 5.74) is 5.31. The molecule has 0 aromatic heterocycles. The van der Waals surface area contributed by atoms with Gasteiger partial charge in [-0.25, -0.2) is 0 Å². The van der Waals surface area contributed by atoms with Crippen LogP contribution in [0.3, 0.4) is 0 Å². The molecule has 146 valence electrons. The van der Waals surface area contributed by atoms with E-state index in [1.54, 1.807) is 49.6 Å². The summed E-state index contributed by atoms with van der Waals surface area (Å²) >= 11 is 0. The first kappa shape index (κ1) is 19.1. The number of carbonyl (C=O) groups excluding carboxylic acids is 2. The molecule has 0 bridgehead atoms. The Morgan fingerprint density at radius 3 is 2.61 bits per heavy atom. The molecule has 28 heavy (non-hydrogen) atoms. The van der Waals surface area contributed by atoms with Crippen molar-refractivity contribution in [2.24, 2.45) is 0 Å². The lowest BCUT2D eigenvalue weighted by Crippen LogP contribution is -2.50. The SMILES string of the molecule is COc1ccc(/C=C/C(=O)NNC(=O)C2COc3ccccc3O2)c(OC)c1. The zero-order valence-corrected chi connectivity index (χ0v) is 15.4. The van der Waals surface area contributed by atoms with Crippen LogP contribution in [0.4, 0.5) is 0 Å². The Morgan fingerprint density at radius 2 is 1.86 bits per heavy atom. The van der Waals surface area contributed by atoms with Crippen molar-refractivity contribution in [3.8, 4) is 23.0 Å². The Hall–Kier alpha value is -3.68. The van der Waals surface area contributed by atoms with E-state index in [4.69, 9.17) is 18.9 Å². The second-order valence-electron chi connectivity index (χ2n) is 5.78. The molecule has 1 aliphatic heterocycles. The van der Waals surface area contributed by atoms with Crippen molar-refractivity contribution in [2.45, 2.75) is 6.10 Å². The lowest BCUT2D eigenvalue weighted by atomic mass is 10.1. The van der Waals surface area contributed by atoms with Gasteiger partial charge in [0.15, 0.2) is 11.5 Å². The van der Waals surface area contributed by atoms with Crippen molar-refractivity contribution in [1.29, 1.82) is 0 Å². The maximum Gasteiger partial charge on any atom is 0.283 e. The van der Waals surface area contributed by atoms with E-state index in [9.17, 15) is 9.59 Å². The number of fused-ring (bicyclic) bond motifs is 1. The highest BCUT2D eigenvalue weighted by Gasteiger charge is 2.27. The smallest absolute Gasteiger partial charge is 0.283 e. The van der Waals surface area contributed by atoms with Gasteiger partial charge in [-0.05, 0) is 30.3 Å². The fourth-order valence-electron chi connectivity index (χ4n) is 2.52. The predicted molar refractivity (Wildman–Crippen MR) is 101 cm³/mol. The number of para-hydroxylation sites is 2. The molecule has 8 heteroatoms. The highest BCUT2D eigenvalue weighted by atomic mass is 16.6. The Labute approximate surface area is 162 Å². The van der Waals surface area contributed by atoms with Crippen molar-refractivity contribution < 1.29 is 28.5 Å². The first-order chi connectivity index (χ1) is 13.6. The number of carbonyl (C=O) groups is 2. The summed E-state index contributed by atoms with van der Waals surface area (Å²) in [6, 6.07) is 12.3. The number of ether oxygens (including phenoxy) is 4. The van der Waals surface area contributed by atoms with E-state index in [0.717, 1.165) is 0 Å². The summed E-state index contributed by atoms with van der Waals surface area (Å²) in [4.78, 5) is 24.1. The number of hydrogen-bond acceptors (Lipinski definition) is 6. The number of amides is 2. The molecular formula is C20H20N2O6. The van der Waals surface area contributed by atoms with E-state index in [1.807, 2.05) is 6.07 Å². The molecule has 0 radical (unpaired) electrons. The molecule has 2 N–H and O–H groups in total. The van der Waals surface area contributed by atoms with Crippen LogP contribution in [0.5, 0.6) is 23.0 Å². The van der Waals surface area contributed by atoms with Gasteiger partial charge in [0.05, 0.1) is 14.2 Å². The summed E-state index contributed by atoms with van der Waals surface area (Å²) in [5, 5.41) is 0. The lowest BCUT2D eigenvalue weighted by molar-refractivity contribution is -0.134. The molecule has 8 nitrogen and oxygen atoms in total. The Bertz CT molecular complexity index is 896. The van der Waals surface area contributed by atoms with Crippen molar-refractivity contribution in [3.63, 3.8) is 0 Å². The first-order valence-electron chi connectivity index (χ1n) is 8.49. The van der Waals surface area contributed by atoms with Crippen molar-refractivity contribution in [2.75, 3.05) is 20.8 Å². The van der Waals surface area contributed by atoms with Gasteiger partial charge in [-0.2, -0.15) is 0 Å². The summed E-state index contributed by atoms with van der Waals surface area (Å²) in [6.45, 7) is 0.0532. The highest BCUT2D eigenvalue weighted by molar-refractivity contribution is 5.94. The van der Waals surface area contributed by atoms with Crippen LogP contribution in [0.15, 0.2) is 48.5 Å². The fourth-order valence-corrected chi connectivity index (χ4v) is 2.52. The van der Waals surface area contributed by atoms with Crippen LogP contribution in [0.25, 0.3) is 6.08 Å². The molecular weight excluding hydrogens is 364 g/mol. The quantitative estimate of drug-likeness (QED) is 0.602. The van der Waals surface area contributed by atoms with Crippen LogP contribution >= 0.6 is 0 Å². The number of hydrogen-bond donors (Lipinski definition) is 2. The Kier molecular flexibility index (Phi) is 6.01. The zero-order valence-electron chi connectivity index (χ0n) is 15.4. The molecule has 2 amide bonds. The maximum absolute atomic E-state index is 12.2. The van der Waals surface area contributed by atoms with Gasteiger partial charge in [0.25, 0.3) is 11.8 Å². The molecule has 3 rings (SSSR count). The zero-order chi connectivity index (χ0) is 19.9. The fraction of sp³-hybridized carbons (Fsp3) is 0.200. The van der Waals surface area contributed by atoms with Gasteiger partial charge in [-0.15, -0.1) is 0 Å². The third-order valence-electron chi connectivity index (χ3n) is 3.96. The van der Waals surface area contributed by atoms with Gasteiger partial charge in [0.1, 0.15) is 18.1 Å². The molecule has 1 aliphatic rings. The summed E-state index contributed by atoms with van der Waals surface area (Å²) in [7, 11) is 3.08. The van der Waals surface area contributed by atoms with Gasteiger partial charge >= 0.3 is 0 Å². The molecule has 1 unspecified atom stereocenters. The highest BCUT2D eigenvalue weighted by Crippen LogP contribution is 2.30. The van der Waals surface area contributed by atoms with Crippen molar-refractivity contribution in [1.82, 2.24) is 10.9 Å². The normalized spacial score (nSPS) is 15.0. The second kappa shape index (κ2) is 8.81. The van der Waals surface area contributed by atoms with Crippen molar-refractivity contribution >= 4 is 17.9 Å². The van der Waals surface area contributed by atoms with E-state index in [-0.39, 0.29) is 6.61 Å². The first-order valence-corrected chi connectivity index (χ1v) is 8.49. The third-order valence-corrected chi connectivity index (χ3v) is 3.96. The number of benzene rings is 2. The molecule has 0 saturated carbocycles. The van der Waals surface area contributed by atoms with Crippen molar-refractivity contribution in [3.05, 3.63) is 54.1 Å². The maximum atomic E-state index is 12.2. The van der Waals surface area contributed by atoms with Gasteiger partial charge in [-0.3, -0.25) is 20.4 Å². The number of nitrogens with one attached hydrogen (secondary N) is 2. The van der Waals surface area contributed by atoms with E-state index < -0.39 is 17.9 Å². The Balaban J connectivity index is 1.53. The van der Waals surface area contributed by atoms with Crippen LogP contribution in [0.2, 0.25) is 0 Å². The summed E-state index contributed by atoms with van der Waals surface area (Å²) in [6.07, 6.45) is 1.98. The standard InChI is InChI=1S/C20H20N2O6/c1-25-14-9-7-13(17(11-14)26-2)8-10-19(23)21-22-20(24)18-12-27-15-5-3-4-6-16(15)28-18/h3-11,18H,12H2,1-2H3,(H,21,23)(H,22,24)/b10-8+. The summed E-state index contributed by atoms with van der Waals surface area (Å²) < 4.78 is 21.4. The van der Waals surface area contributed by atoms with Gasteiger partial charge in [0.2, 0.25) is 6.10 Å². The van der Waals surface area contributed by atoms with Crippen LogP contribution in [-0.4, -0.2) is 38.7 Å². The largest absolute Gasteiger partial charge is 0.497 e. The van der Waals surface area contributed by atoms with E-state index >= 15 is 0 Å². The molecule has 2 aromatic carbocycles. The lowest BCUT2D eigenvalue weighted by Gasteiger charge is -2.25. The van der Waals surface area contributed by atoms with Gasteiger partial charge in [-0.1, -0.05) is 12.1 Å². The third kappa shape index (κ3) is 4.53. The second-order valence-corrected chi connectivity index (χ2v) is 5.78. The minimum Gasteiger partial charge on any atom is -0.497 e. The number of methoxy groups -OCH3 is 2. The average Bonchev–Trinajstić information content (AvgIpc) is 2.75. The minimum absolute atomic E-state index is 0.0532. The Morgan fingerprint density at radius 1 is 1.07 bits per heavy atom. The number of rotatable bonds is 5.